The Balaban J connectivity index is 1.91. The molecule has 1 unspecified atom stereocenters. The first kappa shape index (κ1) is 12.7. The minimum atomic E-state index is -0.258. The number of amides is 1. The molecule has 0 aliphatic rings. The van der Waals surface area contributed by atoms with Crippen LogP contribution in [0.25, 0.3) is 0 Å². The number of halogens is 1. The number of H-pyrrole nitrogens is 1. The lowest BCUT2D eigenvalue weighted by Gasteiger charge is -2.09. The van der Waals surface area contributed by atoms with Gasteiger partial charge in [0.05, 0.1) is 12.5 Å². The maximum Gasteiger partial charge on any atom is 0.225 e. The molecule has 7 heteroatoms. The minimum absolute atomic E-state index is 0.0744. The zero-order valence-electron chi connectivity index (χ0n) is 9.72. The molecule has 94 valence electrons. The van der Waals surface area contributed by atoms with Crippen LogP contribution in [-0.2, 0) is 11.2 Å². The lowest BCUT2D eigenvalue weighted by atomic mass is 10.1. The van der Waals surface area contributed by atoms with E-state index in [0.29, 0.717) is 12.2 Å². The minimum Gasteiger partial charge on any atom is -0.346 e. The van der Waals surface area contributed by atoms with E-state index in [4.69, 9.17) is 0 Å². The van der Waals surface area contributed by atoms with Crippen LogP contribution in [0.5, 0.6) is 0 Å². The molecule has 0 radical (unpaired) electrons. The molecule has 18 heavy (non-hydrogen) atoms. The Morgan fingerprint density at radius 1 is 1.44 bits per heavy atom. The highest BCUT2D eigenvalue weighted by Crippen LogP contribution is 2.11. The summed E-state index contributed by atoms with van der Waals surface area (Å²) in [5, 5.41) is 16.3. The van der Waals surface area contributed by atoms with E-state index < -0.39 is 0 Å². The molecule has 2 N–H and O–H groups in total. The van der Waals surface area contributed by atoms with Gasteiger partial charge >= 0.3 is 0 Å². The van der Waals surface area contributed by atoms with E-state index in [0.717, 1.165) is 10.0 Å². The van der Waals surface area contributed by atoms with E-state index in [1.54, 1.807) is 0 Å². The van der Waals surface area contributed by atoms with E-state index in [-0.39, 0.29) is 11.9 Å². The van der Waals surface area contributed by atoms with Gasteiger partial charge in [0.25, 0.3) is 0 Å². The number of nitrogens with one attached hydrogen (secondary N) is 2. The Morgan fingerprint density at radius 3 is 2.78 bits per heavy atom. The first-order chi connectivity index (χ1) is 8.65. The Hall–Kier alpha value is -1.76. The summed E-state index contributed by atoms with van der Waals surface area (Å²) in [7, 11) is 0. The van der Waals surface area contributed by atoms with Crippen LogP contribution in [-0.4, -0.2) is 26.5 Å². The van der Waals surface area contributed by atoms with E-state index in [2.05, 4.69) is 41.9 Å². The highest BCUT2D eigenvalue weighted by Gasteiger charge is 2.13. The first-order valence-corrected chi connectivity index (χ1v) is 6.21. The van der Waals surface area contributed by atoms with Crippen molar-refractivity contribution in [3.8, 4) is 0 Å². The van der Waals surface area contributed by atoms with Gasteiger partial charge in [-0.15, -0.1) is 10.2 Å². The van der Waals surface area contributed by atoms with Crippen molar-refractivity contribution < 1.29 is 4.79 Å². The van der Waals surface area contributed by atoms with Crippen molar-refractivity contribution in [1.29, 1.82) is 0 Å². The molecule has 1 amide bonds. The third-order valence-corrected chi connectivity index (χ3v) is 2.93. The molecule has 2 aromatic rings. The van der Waals surface area contributed by atoms with E-state index in [1.807, 2.05) is 31.2 Å². The van der Waals surface area contributed by atoms with Gasteiger partial charge in [0, 0.05) is 4.47 Å². The average Bonchev–Trinajstić information content (AvgIpc) is 2.85. The highest BCUT2D eigenvalue weighted by molar-refractivity contribution is 9.10. The molecule has 1 aromatic carbocycles. The second-order valence-electron chi connectivity index (χ2n) is 3.86. The van der Waals surface area contributed by atoms with Crippen molar-refractivity contribution in [2.45, 2.75) is 19.4 Å². The molecular formula is C11H12BrN5O. The molecule has 0 saturated heterocycles. The van der Waals surface area contributed by atoms with Gasteiger partial charge in [-0.25, -0.2) is 0 Å². The second kappa shape index (κ2) is 5.72. The van der Waals surface area contributed by atoms with Crippen molar-refractivity contribution in [1.82, 2.24) is 25.9 Å². The van der Waals surface area contributed by atoms with Crippen LogP contribution in [0.4, 0.5) is 0 Å². The molecule has 1 atom stereocenters. The molecule has 1 heterocycles. The molecule has 2 rings (SSSR count). The number of rotatable bonds is 4. The van der Waals surface area contributed by atoms with Crippen LogP contribution >= 0.6 is 15.9 Å². The number of hydrogen-bond acceptors (Lipinski definition) is 4. The smallest absolute Gasteiger partial charge is 0.225 e. The number of aromatic nitrogens is 4. The monoisotopic (exact) mass is 309 g/mol. The fourth-order valence-corrected chi connectivity index (χ4v) is 1.76. The number of hydrogen-bond donors (Lipinski definition) is 2. The number of benzene rings is 1. The van der Waals surface area contributed by atoms with Crippen LogP contribution < -0.4 is 5.32 Å². The molecule has 0 aliphatic carbocycles. The van der Waals surface area contributed by atoms with Crippen molar-refractivity contribution in [2.75, 3.05) is 0 Å². The molecule has 6 nitrogen and oxygen atoms in total. The van der Waals surface area contributed by atoms with Gasteiger partial charge in [-0.1, -0.05) is 33.3 Å². The molecule has 0 fully saturated rings. The standard InChI is InChI=1S/C11H12BrN5O/c1-7(11-14-16-17-15-11)13-10(18)6-8-2-4-9(12)5-3-8/h2-5,7H,6H2,1H3,(H,13,18)(H,14,15,16,17). The highest BCUT2D eigenvalue weighted by atomic mass is 79.9. The second-order valence-corrected chi connectivity index (χ2v) is 4.78. The number of carbonyl (C=O) groups excluding carboxylic acids is 1. The topological polar surface area (TPSA) is 83.6 Å². The van der Waals surface area contributed by atoms with Gasteiger partial charge in [0.1, 0.15) is 0 Å². The van der Waals surface area contributed by atoms with E-state index in [1.165, 1.54) is 0 Å². The third-order valence-electron chi connectivity index (χ3n) is 2.40. The summed E-state index contributed by atoms with van der Waals surface area (Å²) in [6, 6.07) is 7.37. The Kier molecular flexibility index (Phi) is 4.03. The summed E-state index contributed by atoms with van der Waals surface area (Å²) < 4.78 is 0.992. The van der Waals surface area contributed by atoms with Crippen LogP contribution in [0.2, 0.25) is 0 Å². The third kappa shape index (κ3) is 3.36. The summed E-state index contributed by atoms with van der Waals surface area (Å²) in [5.74, 6) is 0.397. The van der Waals surface area contributed by atoms with Gasteiger partial charge in [-0.2, -0.15) is 5.21 Å². The van der Waals surface area contributed by atoms with Gasteiger partial charge in [-0.3, -0.25) is 4.79 Å². The summed E-state index contributed by atoms with van der Waals surface area (Å²) >= 11 is 3.35. The molecule has 0 saturated carbocycles. The Morgan fingerprint density at radius 2 is 2.17 bits per heavy atom. The van der Waals surface area contributed by atoms with E-state index in [9.17, 15) is 4.79 Å². The van der Waals surface area contributed by atoms with Gasteiger partial charge in [0.2, 0.25) is 5.91 Å². The maximum absolute atomic E-state index is 11.8. The molecule has 0 aliphatic heterocycles. The first-order valence-electron chi connectivity index (χ1n) is 5.42. The van der Waals surface area contributed by atoms with Gasteiger partial charge in [-0.05, 0) is 24.6 Å². The predicted octanol–water partition coefficient (Wildman–Crippen LogP) is 1.38. The average molecular weight is 310 g/mol. The van der Waals surface area contributed by atoms with Crippen LogP contribution in [0.3, 0.4) is 0 Å². The Labute approximate surface area is 112 Å². The number of nitrogens with zero attached hydrogens (tertiary/aromatic N) is 3. The number of aromatic amines is 1. The largest absolute Gasteiger partial charge is 0.346 e. The zero-order chi connectivity index (χ0) is 13.0. The summed E-state index contributed by atoms with van der Waals surface area (Å²) in [4.78, 5) is 11.8. The molecule has 0 spiro atoms. The molecule has 1 aromatic heterocycles. The van der Waals surface area contributed by atoms with Crippen molar-refractivity contribution in [3.05, 3.63) is 40.1 Å². The fraction of sp³-hybridized carbons (Fsp3) is 0.273. The maximum atomic E-state index is 11.8. The SMILES string of the molecule is CC(NC(=O)Cc1ccc(Br)cc1)c1nn[nH]n1. The lowest BCUT2D eigenvalue weighted by molar-refractivity contribution is -0.121. The molecule has 0 bridgehead atoms. The van der Waals surface area contributed by atoms with Crippen molar-refractivity contribution in [3.63, 3.8) is 0 Å². The van der Waals surface area contributed by atoms with Gasteiger partial charge in [0.15, 0.2) is 5.82 Å². The van der Waals surface area contributed by atoms with Crippen LogP contribution in [0, 0.1) is 0 Å². The summed E-state index contributed by atoms with van der Waals surface area (Å²) in [5.41, 5.74) is 0.955. The Bertz CT molecular complexity index is 511. The zero-order valence-corrected chi connectivity index (χ0v) is 11.3. The van der Waals surface area contributed by atoms with Crippen molar-refractivity contribution >= 4 is 21.8 Å². The van der Waals surface area contributed by atoms with Crippen LogP contribution in [0.15, 0.2) is 28.7 Å². The van der Waals surface area contributed by atoms with Crippen LogP contribution in [0.1, 0.15) is 24.4 Å². The summed E-state index contributed by atoms with van der Waals surface area (Å²) in [6.45, 7) is 1.81. The van der Waals surface area contributed by atoms with E-state index >= 15 is 0 Å². The predicted molar refractivity (Wildman–Crippen MR) is 68.6 cm³/mol. The normalized spacial score (nSPS) is 12.1. The van der Waals surface area contributed by atoms with Gasteiger partial charge < -0.3 is 5.32 Å². The molecular weight excluding hydrogens is 298 g/mol. The fourth-order valence-electron chi connectivity index (χ4n) is 1.50. The summed E-state index contributed by atoms with van der Waals surface area (Å²) in [6.07, 6.45) is 0.329. The number of tetrazole rings is 1. The van der Waals surface area contributed by atoms with Crippen molar-refractivity contribution in [2.24, 2.45) is 0 Å². The number of carbonyl (C=O) groups is 1. The lowest BCUT2D eigenvalue weighted by Crippen LogP contribution is -2.28. The quantitative estimate of drug-likeness (QED) is 0.893.